The predicted octanol–water partition coefficient (Wildman–Crippen LogP) is 1.55. The first-order valence-corrected chi connectivity index (χ1v) is 7.90. The molecule has 0 radical (unpaired) electrons. The molecule has 1 aliphatic rings. The van der Waals surface area contributed by atoms with Crippen molar-refractivity contribution in [1.82, 2.24) is 24.2 Å². The average Bonchev–Trinajstić information content (AvgIpc) is 3.13. The van der Waals surface area contributed by atoms with Crippen LogP contribution in [0.2, 0.25) is 0 Å². The minimum Gasteiger partial charge on any atom is -0.377 e. The zero-order valence-electron chi connectivity index (χ0n) is 13.9. The number of aryl methyl sites for hydroxylation is 2. The number of imidazole rings is 1. The zero-order valence-corrected chi connectivity index (χ0v) is 13.9. The van der Waals surface area contributed by atoms with Gasteiger partial charge in [0.2, 0.25) is 0 Å². The molecule has 1 aliphatic heterocycles. The van der Waals surface area contributed by atoms with Crippen molar-refractivity contribution < 1.29 is 9.53 Å². The van der Waals surface area contributed by atoms with Gasteiger partial charge in [-0.25, -0.2) is 4.98 Å². The maximum atomic E-state index is 12.5. The second-order valence-electron chi connectivity index (χ2n) is 5.98. The van der Waals surface area contributed by atoms with E-state index in [0.717, 1.165) is 37.4 Å². The van der Waals surface area contributed by atoms with E-state index in [1.165, 1.54) is 0 Å². The van der Waals surface area contributed by atoms with Crippen LogP contribution in [0.1, 0.15) is 40.9 Å². The summed E-state index contributed by atoms with van der Waals surface area (Å²) in [7, 11) is 3.48. The minimum absolute atomic E-state index is 0.0583. The number of rotatable bonds is 4. The van der Waals surface area contributed by atoms with Crippen molar-refractivity contribution in [2.75, 3.05) is 20.2 Å². The van der Waals surface area contributed by atoms with Gasteiger partial charge in [0.05, 0.1) is 0 Å². The minimum atomic E-state index is 0.0583. The van der Waals surface area contributed by atoms with E-state index in [9.17, 15) is 4.79 Å². The second kappa shape index (κ2) is 6.54. The van der Waals surface area contributed by atoms with Crippen LogP contribution in [0.25, 0.3) is 0 Å². The Balaban J connectivity index is 1.68. The summed E-state index contributed by atoms with van der Waals surface area (Å²) in [5, 5.41) is 4.07. The Kier molecular flexibility index (Phi) is 4.47. The molecule has 2 aromatic rings. The standard InChI is InChI=1S/C16H23N5O2/c1-12-10-17-15(11-23-3)21(12)13-5-8-20(9-6-13)16(22)14-4-7-18-19(14)2/h4,7,10,13H,5-6,8-9,11H2,1-3H3. The predicted molar refractivity (Wildman–Crippen MR) is 85.1 cm³/mol. The molecule has 0 atom stereocenters. The fourth-order valence-corrected chi connectivity index (χ4v) is 3.30. The molecule has 1 amide bonds. The van der Waals surface area contributed by atoms with Gasteiger partial charge in [-0.05, 0) is 25.8 Å². The number of ether oxygens (including phenoxy) is 1. The molecular formula is C16H23N5O2. The van der Waals surface area contributed by atoms with Crippen molar-refractivity contribution >= 4 is 5.91 Å². The molecule has 0 unspecified atom stereocenters. The first-order chi connectivity index (χ1) is 11.1. The molecule has 124 valence electrons. The first-order valence-electron chi connectivity index (χ1n) is 7.90. The van der Waals surface area contributed by atoms with Crippen molar-refractivity contribution in [3.8, 4) is 0 Å². The maximum absolute atomic E-state index is 12.5. The molecule has 0 aromatic carbocycles. The molecule has 3 rings (SSSR count). The lowest BCUT2D eigenvalue weighted by Gasteiger charge is -2.33. The monoisotopic (exact) mass is 317 g/mol. The van der Waals surface area contributed by atoms with Crippen molar-refractivity contribution in [1.29, 1.82) is 0 Å². The van der Waals surface area contributed by atoms with Gasteiger partial charge in [-0.3, -0.25) is 9.48 Å². The number of hydrogen-bond donors (Lipinski definition) is 0. The Hall–Kier alpha value is -2.15. The van der Waals surface area contributed by atoms with Crippen LogP contribution >= 0.6 is 0 Å². The SMILES string of the molecule is COCc1ncc(C)n1C1CCN(C(=O)c2ccnn2C)CC1. The van der Waals surface area contributed by atoms with E-state index in [0.29, 0.717) is 18.3 Å². The molecule has 0 bridgehead atoms. The Morgan fingerprint density at radius 2 is 2.13 bits per heavy atom. The van der Waals surface area contributed by atoms with Crippen LogP contribution in [0.3, 0.4) is 0 Å². The van der Waals surface area contributed by atoms with Crippen LogP contribution in [0, 0.1) is 6.92 Å². The van der Waals surface area contributed by atoms with Crippen LogP contribution in [-0.2, 0) is 18.4 Å². The second-order valence-corrected chi connectivity index (χ2v) is 5.98. The zero-order chi connectivity index (χ0) is 16.4. The third-order valence-electron chi connectivity index (χ3n) is 4.49. The number of likely N-dealkylation sites (tertiary alicyclic amines) is 1. The summed E-state index contributed by atoms with van der Waals surface area (Å²) in [6, 6.07) is 2.14. The molecule has 3 heterocycles. The van der Waals surface area contributed by atoms with Crippen LogP contribution in [0.15, 0.2) is 18.5 Å². The largest absolute Gasteiger partial charge is 0.377 e. The highest BCUT2D eigenvalue weighted by Gasteiger charge is 2.27. The van der Waals surface area contributed by atoms with Gasteiger partial charge in [0.25, 0.3) is 5.91 Å². The molecule has 0 aliphatic carbocycles. The smallest absolute Gasteiger partial charge is 0.272 e. The number of carbonyl (C=O) groups is 1. The number of piperidine rings is 1. The van der Waals surface area contributed by atoms with Gasteiger partial charge in [0.1, 0.15) is 18.1 Å². The number of methoxy groups -OCH3 is 1. The molecule has 1 fully saturated rings. The topological polar surface area (TPSA) is 65.2 Å². The molecular weight excluding hydrogens is 294 g/mol. The van der Waals surface area contributed by atoms with Gasteiger partial charge in [-0.1, -0.05) is 0 Å². The quantitative estimate of drug-likeness (QED) is 0.858. The van der Waals surface area contributed by atoms with Crippen LogP contribution in [0.5, 0.6) is 0 Å². The van der Waals surface area contributed by atoms with Gasteiger partial charge in [-0.2, -0.15) is 5.10 Å². The summed E-state index contributed by atoms with van der Waals surface area (Å²) in [5.74, 6) is 1.02. The summed E-state index contributed by atoms with van der Waals surface area (Å²) >= 11 is 0. The average molecular weight is 317 g/mol. The molecule has 0 saturated carbocycles. The molecule has 7 nitrogen and oxygen atoms in total. The molecule has 1 saturated heterocycles. The summed E-state index contributed by atoms with van der Waals surface area (Å²) < 4.78 is 9.13. The highest BCUT2D eigenvalue weighted by atomic mass is 16.5. The third-order valence-corrected chi connectivity index (χ3v) is 4.49. The van der Waals surface area contributed by atoms with Gasteiger partial charge in [0.15, 0.2) is 0 Å². The number of aromatic nitrogens is 4. The normalized spacial score (nSPS) is 16.0. The number of nitrogens with zero attached hydrogens (tertiary/aromatic N) is 5. The molecule has 0 N–H and O–H groups in total. The highest BCUT2D eigenvalue weighted by molar-refractivity contribution is 5.92. The van der Waals surface area contributed by atoms with E-state index in [1.54, 1.807) is 31.1 Å². The van der Waals surface area contributed by atoms with E-state index in [4.69, 9.17) is 4.74 Å². The summed E-state index contributed by atoms with van der Waals surface area (Å²) in [6.07, 6.45) is 5.41. The van der Waals surface area contributed by atoms with E-state index in [1.807, 2.05) is 11.1 Å². The lowest BCUT2D eigenvalue weighted by atomic mass is 10.0. The van der Waals surface area contributed by atoms with Gasteiger partial charge < -0.3 is 14.2 Å². The van der Waals surface area contributed by atoms with E-state index < -0.39 is 0 Å². The summed E-state index contributed by atoms with van der Waals surface area (Å²) in [6.45, 7) is 4.08. The first kappa shape index (κ1) is 15.7. The molecule has 23 heavy (non-hydrogen) atoms. The lowest BCUT2D eigenvalue weighted by molar-refractivity contribution is 0.0678. The lowest BCUT2D eigenvalue weighted by Crippen LogP contribution is -2.40. The van der Waals surface area contributed by atoms with Crippen LogP contribution in [0.4, 0.5) is 0 Å². The summed E-state index contributed by atoms with van der Waals surface area (Å²) in [5.41, 5.74) is 1.79. The Labute approximate surface area is 135 Å². The van der Waals surface area contributed by atoms with Gasteiger partial charge in [0, 0.05) is 51.4 Å². The van der Waals surface area contributed by atoms with Crippen LogP contribution < -0.4 is 0 Å². The van der Waals surface area contributed by atoms with Gasteiger partial charge >= 0.3 is 0 Å². The van der Waals surface area contributed by atoms with Crippen molar-refractivity contribution in [2.24, 2.45) is 7.05 Å². The fourth-order valence-electron chi connectivity index (χ4n) is 3.30. The van der Waals surface area contributed by atoms with E-state index >= 15 is 0 Å². The number of carbonyl (C=O) groups excluding carboxylic acids is 1. The molecule has 7 heteroatoms. The van der Waals surface area contributed by atoms with Crippen molar-refractivity contribution in [3.05, 3.63) is 35.7 Å². The maximum Gasteiger partial charge on any atom is 0.272 e. The van der Waals surface area contributed by atoms with Crippen LogP contribution in [-0.4, -0.2) is 50.3 Å². The number of hydrogen-bond acceptors (Lipinski definition) is 4. The van der Waals surface area contributed by atoms with Crippen molar-refractivity contribution in [3.63, 3.8) is 0 Å². The van der Waals surface area contributed by atoms with Gasteiger partial charge in [-0.15, -0.1) is 0 Å². The Morgan fingerprint density at radius 3 is 2.74 bits per heavy atom. The Bertz CT molecular complexity index is 682. The van der Waals surface area contributed by atoms with E-state index in [-0.39, 0.29) is 5.91 Å². The third kappa shape index (κ3) is 3.01. The van der Waals surface area contributed by atoms with E-state index in [2.05, 4.69) is 21.6 Å². The van der Waals surface area contributed by atoms with Crippen molar-refractivity contribution in [2.45, 2.75) is 32.4 Å². The number of amides is 1. The molecule has 0 spiro atoms. The molecule has 2 aromatic heterocycles. The summed E-state index contributed by atoms with van der Waals surface area (Å²) in [4.78, 5) is 18.9. The Morgan fingerprint density at radius 1 is 1.39 bits per heavy atom. The fraction of sp³-hybridized carbons (Fsp3) is 0.562. The highest BCUT2D eigenvalue weighted by Crippen LogP contribution is 2.26.